The lowest BCUT2D eigenvalue weighted by atomic mass is 9.61. The Bertz CT molecular complexity index is 433. The van der Waals surface area contributed by atoms with Crippen LogP contribution in [-0.2, 0) is 11.8 Å². The molecule has 0 saturated carbocycles. The van der Waals surface area contributed by atoms with Crippen molar-refractivity contribution in [1.29, 1.82) is 0 Å². The van der Waals surface area contributed by atoms with Gasteiger partial charge in [-0.3, -0.25) is 0 Å². The Labute approximate surface area is 131 Å². The summed E-state index contributed by atoms with van der Waals surface area (Å²) in [5, 5.41) is 3.79. The topological polar surface area (TPSA) is 12.0 Å². The molecule has 1 aromatic carbocycles. The predicted octanol–water partition coefficient (Wildman–Crippen LogP) is 4.94. The van der Waals surface area contributed by atoms with Gasteiger partial charge in [-0.05, 0) is 48.8 Å². The van der Waals surface area contributed by atoms with Crippen LogP contribution in [0.4, 0.5) is 0 Å². The highest BCUT2D eigenvalue weighted by molar-refractivity contribution is 5.38. The third kappa shape index (κ3) is 3.51. The fourth-order valence-corrected chi connectivity index (χ4v) is 4.36. The summed E-state index contributed by atoms with van der Waals surface area (Å²) in [6.07, 6.45) is 6.53. The van der Waals surface area contributed by atoms with Crippen molar-refractivity contribution in [3.63, 3.8) is 0 Å². The number of aryl methyl sites for hydroxylation is 1. The van der Waals surface area contributed by atoms with Crippen molar-refractivity contribution in [2.45, 2.75) is 65.2 Å². The summed E-state index contributed by atoms with van der Waals surface area (Å²) in [7, 11) is 0. The molecular formula is C20H33N. The third-order valence-electron chi connectivity index (χ3n) is 5.38. The molecule has 0 aliphatic heterocycles. The Morgan fingerprint density at radius 3 is 2.52 bits per heavy atom. The standard InChI is InChI=1S/C20H33N/c1-5-18(6-2)20(15-21-14-16(3)4)13-9-11-17-10-7-8-12-19(17)20/h7-8,10,12,16,18,21H,5-6,9,11,13-15H2,1-4H3. The molecule has 118 valence electrons. The summed E-state index contributed by atoms with van der Waals surface area (Å²) >= 11 is 0. The fraction of sp³-hybridized carbons (Fsp3) is 0.700. The lowest BCUT2D eigenvalue weighted by Gasteiger charge is -2.45. The van der Waals surface area contributed by atoms with Crippen LogP contribution in [0.25, 0.3) is 0 Å². The van der Waals surface area contributed by atoms with Crippen LogP contribution in [0.1, 0.15) is 64.5 Å². The van der Waals surface area contributed by atoms with Gasteiger partial charge in [-0.15, -0.1) is 0 Å². The maximum Gasteiger partial charge on any atom is 0.0109 e. The van der Waals surface area contributed by atoms with Crippen LogP contribution >= 0.6 is 0 Å². The zero-order chi connectivity index (χ0) is 15.3. The molecule has 1 atom stereocenters. The summed E-state index contributed by atoms with van der Waals surface area (Å²) in [5.41, 5.74) is 3.59. The zero-order valence-electron chi connectivity index (χ0n) is 14.4. The molecular weight excluding hydrogens is 254 g/mol. The van der Waals surface area contributed by atoms with Crippen LogP contribution in [0.3, 0.4) is 0 Å². The van der Waals surface area contributed by atoms with Crippen molar-refractivity contribution < 1.29 is 0 Å². The van der Waals surface area contributed by atoms with Gasteiger partial charge in [-0.1, -0.05) is 64.8 Å². The summed E-state index contributed by atoms with van der Waals surface area (Å²) in [6, 6.07) is 9.21. The van der Waals surface area contributed by atoms with Gasteiger partial charge in [0.05, 0.1) is 0 Å². The summed E-state index contributed by atoms with van der Waals surface area (Å²) in [4.78, 5) is 0. The van der Waals surface area contributed by atoms with Crippen LogP contribution in [0.5, 0.6) is 0 Å². The second-order valence-electron chi connectivity index (χ2n) is 7.21. The highest BCUT2D eigenvalue weighted by Crippen LogP contribution is 2.45. The molecule has 2 rings (SSSR count). The van der Waals surface area contributed by atoms with Crippen molar-refractivity contribution >= 4 is 0 Å². The van der Waals surface area contributed by atoms with Crippen molar-refractivity contribution in [3.8, 4) is 0 Å². The third-order valence-corrected chi connectivity index (χ3v) is 5.38. The van der Waals surface area contributed by atoms with E-state index in [4.69, 9.17) is 0 Å². The number of hydrogen-bond donors (Lipinski definition) is 1. The second-order valence-corrected chi connectivity index (χ2v) is 7.21. The molecule has 0 aromatic heterocycles. The van der Waals surface area contributed by atoms with Crippen molar-refractivity contribution in [3.05, 3.63) is 35.4 Å². The SMILES string of the molecule is CCC(CC)C1(CNCC(C)C)CCCc2ccccc21. The van der Waals surface area contributed by atoms with Gasteiger partial charge in [-0.25, -0.2) is 0 Å². The molecule has 1 aliphatic rings. The first-order chi connectivity index (χ1) is 10.1. The summed E-state index contributed by atoms with van der Waals surface area (Å²) in [5.74, 6) is 1.51. The lowest BCUT2D eigenvalue weighted by molar-refractivity contribution is 0.206. The Hall–Kier alpha value is -0.820. The fourth-order valence-electron chi connectivity index (χ4n) is 4.36. The molecule has 1 nitrogen and oxygen atoms in total. The molecule has 0 bridgehead atoms. The molecule has 0 saturated heterocycles. The molecule has 0 spiro atoms. The maximum atomic E-state index is 3.79. The van der Waals surface area contributed by atoms with Gasteiger partial charge in [0.2, 0.25) is 0 Å². The first kappa shape index (κ1) is 16.5. The van der Waals surface area contributed by atoms with Gasteiger partial charge in [-0.2, -0.15) is 0 Å². The van der Waals surface area contributed by atoms with E-state index in [-0.39, 0.29) is 0 Å². The van der Waals surface area contributed by atoms with E-state index in [0.29, 0.717) is 5.41 Å². The van der Waals surface area contributed by atoms with Crippen LogP contribution < -0.4 is 5.32 Å². The van der Waals surface area contributed by atoms with Crippen LogP contribution in [0, 0.1) is 11.8 Å². The van der Waals surface area contributed by atoms with E-state index in [2.05, 4.69) is 57.3 Å². The molecule has 0 heterocycles. The van der Waals surface area contributed by atoms with Gasteiger partial charge in [0.1, 0.15) is 0 Å². The minimum absolute atomic E-state index is 0.354. The van der Waals surface area contributed by atoms with E-state index in [1.807, 2.05) is 0 Å². The lowest BCUT2D eigenvalue weighted by Crippen LogP contribution is -2.47. The summed E-state index contributed by atoms with van der Waals surface area (Å²) in [6.45, 7) is 11.6. The normalized spacial score (nSPS) is 21.8. The number of nitrogens with one attached hydrogen (secondary N) is 1. The first-order valence-electron chi connectivity index (χ1n) is 8.93. The van der Waals surface area contributed by atoms with Gasteiger partial charge in [0, 0.05) is 12.0 Å². The van der Waals surface area contributed by atoms with E-state index >= 15 is 0 Å². The molecule has 21 heavy (non-hydrogen) atoms. The van der Waals surface area contributed by atoms with Gasteiger partial charge < -0.3 is 5.32 Å². The van der Waals surface area contributed by atoms with Crippen LogP contribution in [-0.4, -0.2) is 13.1 Å². The molecule has 1 N–H and O–H groups in total. The van der Waals surface area contributed by atoms with Gasteiger partial charge in [0.15, 0.2) is 0 Å². The molecule has 0 amide bonds. The van der Waals surface area contributed by atoms with Gasteiger partial charge >= 0.3 is 0 Å². The van der Waals surface area contributed by atoms with E-state index in [1.165, 1.54) is 32.1 Å². The Balaban J connectivity index is 2.32. The average molecular weight is 287 g/mol. The molecule has 0 radical (unpaired) electrons. The molecule has 1 aliphatic carbocycles. The molecule has 0 fully saturated rings. The average Bonchev–Trinajstić information content (AvgIpc) is 2.48. The summed E-state index contributed by atoms with van der Waals surface area (Å²) < 4.78 is 0. The van der Waals surface area contributed by atoms with Crippen molar-refractivity contribution in [1.82, 2.24) is 5.32 Å². The molecule has 1 aromatic rings. The smallest absolute Gasteiger partial charge is 0.0109 e. The Morgan fingerprint density at radius 2 is 1.86 bits per heavy atom. The molecule has 1 unspecified atom stereocenters. The number of hydrogen-bond acceptors (Lipinski definition) is 1. The largest absolute Gasteiger partial charge is 0.316 e. The Morgan fingerprint density at radius 1 is 1.14 bits per heavy atom. The van der Waals surface area contributed by atoms with Crippen LogP contribution in [0.15, 0.2) is 24.3 Å². The molecule has 1 heteroatoms. The van der Waals surface area contributed by atoms with Gasteiger partial charge in [0.25, 0.3) is 0 Å². The minimum atomic E-state index is 0.354. The Kier molecular flexibility index (Phi) is 5.87. The number of benzene rings is 1. The van der Waals surface area contributed by atoms with E-state index in [0.717, 1.165) is 24.9 Å². The number of rotatable bonds is 7. The number of fused-ring (bicyclic) bond motifs is 1. The predicted molar refractivity (Wildman–Crippen MR) is 92.8 cm³/mol. The van der Waals surface area contributed by atoms with E-state index in [9.17, 15) is 0 Å². The monoisotopic (exact) mass is 287 g/mol. The highest BCUT2D eigenvalue weighted by atomic mass is 14.9. The highest BCUT2D eigenvalue weighted by Gasteiger charge is 2.41. The van der Waals surface area contributed by atoms with E-state index in [1.54, 1.807) is 11.1 Å². The second kappa shape index (κ2) is 7.45. The first-order valence-corrected chi connectivity index (χ1v) is 8.93. The van der Waals surface area contributed by atoms with E-state index < -0.39 is 0 Å². The zero-order valence-corrected chi connectivity index (χ0v) is 14.4. The van der Waals surface area contributed by atoms with Crippen LogP contribution in [0.2, 0.25) is 0 Å². The van der Waals surface area contributed by atoms with Crippen molar-refractivity contribution in [2.24, 2.45) is 11.8 Å². The van der Waals surface area contributed by atoms with Crippen molar-refractivity contribution in [2.75, 3.05) is 13.1 Å². The quantitative estimate of drug-likeness (QED) is 0.749. The minimum Gasteiger partial charge on any atom is -0.316 e. The maximum absolute atomic E-state index is 3.79.